The number of hydrogen-bond acceptors (Lipinski definition) is 7. The molecule has 0 spiro atoms. The molecule has 1 aromatic rings. The fourth-order valence-electron chi connectivity index (χ4n) is 1.28. The van der Waals surface area contributed by atoms with Gasteiger partial charge in [0.15, 0.2) is 16.6 Å². The van der Waals surface area contributed by atoms with Gasteiger partial charge in [0.1, 0.15) is 4.88 Å². The third-order valence-electron chi connectivity index (χ3n) is 2.10. The molecule has 0 aromatic carbocycles. The van der Waals surface area contributed by atoms with Gasteiger partial charge < -0.3 is 15.4 Å². The Bertz CT molecular complexity index is 498. The van der Waals surface area contributed by atoms with Crippen molar-refractivity contribution in [2.75, 3.05) is 25.5 Å². The number of thiazole rings is 1. The molecule has 1 heterocycles. The van der Waals surface area contributed by atoms with Crippen LogP contribution in [0.1, 0.15) is 34.0 Å². The first kappa shape index (κ1) is 15.1. The molecule has 0 saturated carbocycles. The van der Waals surface area contributed by atoms with Crippen molar-refractivity contribution in [1.82, 2.24) is 10.3 Å². The molecule has 1 amide bonds. The number of carbonyl (C=O) groups excluding carboxylic acids is 3. The van der Waals surface area contributed by atoms with Crippen LogP contribution in [0.3, 0.4) is 0 Å². The molecule has 0 radical (unpaired) electrons. The number of aromatic nitrogens is 1. The molecule has 1 rings (SSSR count). The molecule has 7 nitrogen and oxygen atoms in total. The van der Waals surface area contributed by atoms with Gasteiger partial charge in [-0.05, 0) is 0 Å². The number of hydrogen-bond donors (Lipinski definition) is 2. The van der Waals surface area contributed by atoms with E-state index < -0.39 is 5.97 Å². The van der Waals surface area contributed by atoms with Gasteiger partial charge in [-0.1, -0.05) is 11.3 Å². The average molecular weight is 285 g/mol. The molecule has 8 heteroatoms. The standard InChI is InChI=1S/C11H15N3O4S/c1-6(15)9-8(10(17)18-3)14-11(19-9)13-5-4-12-7(2)16/h4-5H2,1-3H3,(H,12,16)(H,13,14). The van der Waals surface area contributed by atoms with E-state index in [4.69, 9.17) is 0 Å². The molecule has 0 saturated heterocycles. The summed E-state index contributed by atoms with van der Waals surface area (Å²) in [7, 11) is 1.23. The van der Waals surface area contributed by atoms with Gasteiger partial charge in [0.05, 0.1) is 7.11 Å². The first-order valence-electron chi connectivity index (χ1n) is 5.54. The smallest absolute Gasteiger partial charge is 0.358 e. The molecule has 0 fully saturated rings. The number of Topliss-reactive ketones (excluding diaryl/α,β-unsaturated/α-hetero) is 1. The minimum atomic E-state index is -0.642. The summed E-state index contributed by atoms with van der Waals surface area (Å²) in [6.45, 7) is 3.66. The number of ketones is 1. The molecule has 0 bridgehead atoms. The lowest BCUT2D eigenvalue weighted by Gasteiger charge is -2.02. The SMILES string of the molecule is COC(=O)c1nc(NCCNC(C)=O)sc1C(C)=O. The molecule has 0 atom stereocenters. The predicted molar refractivity (Wildman–Crippen MR) is 70.6 cm³/mol. The topological polar surface area (TPSA) is 97.4 Å². The Morgan fingerprint density at radius 3 is 2.47 bits per heavy atom. The van der Waals surface area contributed by atoms with Crippen molar-refractivity contribution >= 4 is 34.1 Å². The Kier molecular flexibility index (Phi) is 5.43. The van der Waals surface area contributed by atoms with Crippen LogP contribution in [0.2, 0.25) is 0 Å². The van der Waals surface area contributed by atoms with E-state index in [1.54, 1.807) is 0 Å². The maximum absolute atomic E-state index is 11.5. The zero-order valence-corrected chi connectivity index (χ0v) is 11.7. The third kappa shape index (κ3) is 4.32. The molecule has 19 heavy (non-hydrogen) atoms. The van der Waals surface area contributed by atoms with Crippen molar-refractivity contribution < 1.29 is 19.1 Å². The lowest BCUT2D eigenvalue weighted by atomic mass is 10.3. The quantitative estimate of drug-likeness (QED) is 0.453. The second-order valence-corrected chi connectivity index (χ2v) is 4.65. The second kappa shape index (κ2) is 6.83. The Hall–Kier alpha value is -1.96. The fraction of sp³-hybridized carbons (Fsp3) is 0.455. The monoisotopic (exact) mass is 285 g/mol. The summed E-state index contributed by atoms with van der Waals surface area (Å²) in [5.41, 5.74) is 0.0158. The normalized spacial score (nSPS) is 9.84. The number of amides is 1. The largest absolute Gasteiger partial charge is 0.464 e. The molecule has 0 aliphatic heterocycles. The van der Waals surface area contributed by atoms with E-state index in [1.807, 2.05) is 0 Å². The van der Waals surface area contributed by atoms with Crippen LogP contribution in [-0.2, 0) is 9.53 Å². The zero-order valence-electron chi connectivity index (χ0n) is 10.9. The molecule has 0 aliphatic rings. The highest BCUT2D eigenvalue weighted by atomic mass is 32.1. The summed E-state index contributed by atoms with van der Waals surface area (Å²) < 4.78 is 4.57. The number of anilines is 1. The number of esters is 1. The van der Waals surface area contributed by atoms with Crippen molar-refractivity contribution in [3.63, 3.8) is 0 Å². The van der Waals surface area contributed by atoms with Gasteiger partial charge in [0, 0.05) is 26.9 Å². The maximum atomic E-state index is 11.5. The Morgan fingerprint density at radius 2 is 1.95 bits per heavy atom. The van der Waals surface area contributed by atoms with E-state index in [0.717, 1.165) is 11.3 Å². The lowest BCUT2D eigenvalue weighted by molar-refractivity contribution is -0.118. The van der Waals surface area contributed by atoms with Crippen LogP contribution < -0.4 is 10.6 Å². The number of carbonyl (C=O) groups is 3. The van der Waals surface area contributed by atoms with E-state index in [0.29, 0.717) is 18.2 Å². The number of nitrogens with one attached hydrogen (secondary N) is 2. The molecular weight excluding hydrogens is 270 g/mol. The fourth-order valence-corrected chi connectivity index (χ4v) is 2.15. The van der Waals surface area contributed by atoms with E-state index in [2.05, 4.69) is 20.4 Å². The van der Waals surface area contributed by atoms with E-state index in [9.17, 15) is 14.4 Å². The Morgan fingerprint density at radius 1 is 1.26 bits per heavy atom. The molecule has 1 aromatic heterocycles. The van der Waals surface area contributed by atoms with Crippen molar-refractivity contribution in [1.29, 1.82) is 0 Å². The van der Waals surface area contributed by atoms with Crippen LogP contribution in [0.25, 0.3) is 0 Å². The highest BCUT2D eigenvalue weighted by Gasteiger charge is 2.21. The van der Waals surface area contributed by atoms with Crippen LogP contribution in [0, 0.1) is 0 Å². The van der Waals surface area contributed by atoms with Crippen molar-refractivity contribution in [2.45, 2.75) is 13.8 Å². The summed E-state index contributed by atoms with van der Waals surface area (Å²) >= 11 is 1.08. The molecule has 0 unspecified atom stereocenters. The van der Waals surface area contributed by atoms with E-state index >= 15 is 0 Å². The van der Waals surface area contributed by atoms with Crippen LogP contribution in [-0.4, -0.2) is 42.8 Å². The zero-order chi connectivity index (χ0) is 14.4. The summed E-state index contributed by atoms with van der Waals surface area (Å²) in [5, 5.41) is 5.98. The number of ether oxygens (including phenoxy) is 1. The van der Waals surface area contributed by atoms with Crippen LogP contribution >= 0.6 is 11.3 Å². The minimum absolute atomic E-state index is 0.0158. The predicted octanol–water partition coefficient (Wildman–Crippen LogP) is 0.680. The van der Waals surface area contributed by atoms with Gasteiger partial charge in [-0.3, -0.25) is 9.59 Å². The molecule has 2 N–H and O–H groups in total. The van der Waals surface area contributed by atoms with Crippen molar-refractivity contribution in [3.05, 3.63) is 10.6 Å². The highest BCUT2D eigenvalue weighted by molar-refractivity contribution is 7.17. The third-order valence-corrected chi connectivity index (χ3v) is 3.21. The van der Waals surface area contributed by atoms with Gasteiger partial charge in [-0.15, -0.1) is 0 Å². The summed E-state index contributed by atoms with van der Waals surface area (Å²) in [5.74, 6) is -1.01. The second-order valence-electron chi connectivity index (χ2n) is 3.65. The van der Waals surface area contributed by atoms with Crippen molar-refractivity contribution in [2.24, 2.45) is 0 Å². The maximum Gasteiger partial charge on any atom is 0.358 e. The van der Waals surface area contributed by atoms with Gasteiger partial charge in [-0.2, -0.15) is 0 Å². The van der Waals surface area contributed by atoms with Gasteiger partial charge in [0.25, 0.3) is 0 Å². The van der Waals surface area contributed by atoms with Crippen LogP contribution in [0.5, 0.6) is 0 Å². The number of rotatable bonds is 6. The number of nitrogens with zero attached hydrogens (tertiary/aromatic N) is 1. The Labute approximate surface area is 114 Å². The molecular formula is C11H15N3O4S. The van der Waals surface area contributed by atoms with Gasteiger partial charge >= 0.3 is 5.97 Å². The van der Waals surface area contributed by atoms with Crippen molar-refractivity contribution in [3.8, 4) is 0 Å². The molecule has 104 valence electrons. The summed E-state index contributed by atoms with van der Waals surface area (Å²) in [4.78, 5) is 37.8. The van der Waals surface area contributed by atoms with Gasteiger partial charge in [-0.25, -0.2) is 9.78 Å². The Balaban J connectivity index is 2.72. The summed E-state index contributed by atoms with van der Waals surface area (Å²) in [6.07, 6.45) is 0. The molecule has 0 aliphatic carbocycles. The minimum Gasteiger partial charge on any atom is -0.464 e. The van der Waals surface area contributed by atoms with E-state index in [-0.39, 0.29) is 22.3 Å². The van der Waals surface area contributed by atoms with Gasteiger partial charge in [0.2, 0.25) is 5.91 Å². The summed E-state index contributed by atoms with van der Waals surface area (Å²) in [6, 6.07) is 0. The lowest BCUT2D eigenvalue weighted by Crippen LogP contribution is -2.26. The highest BCUT2D eigenvalue weighted by Crippen LogP contribution is 2.23. The van der Waals surface area contributed by atoms with Crippen LogP contribution in [0.15, 0.2) is 0 Å². The van der Waals surface area contributed by atoms with E-state index in [1.165, 1.54) is 21.0 Å². The van der Waals surface area contributed by atoms with Crippen LogP contribution in [0.4, 0.5) is 5.13 Å². The number of methoxy groups -OCH3 is 1. The average Bonchev–Trinajstić information content (AvgIpc) is 2.77. The first-order chi connectivity index (χ1) is 8.95. The first-order valence-corrected chi connectivity index (χ1v) is 6.35.